The number of anilines is 1. The van der Waals surface area contributed by atoms with Crippen LogP contribution in [0.15, 0.2) is 71.3 Å². The summed E-state index contributed by atoms with van der Waals surface area (Å²) in [6, 6.07) is 19.1. The highest BCUT2D eigenvalue weighted by atomic mass is 16.5. The third-order valence-electron chi connectivity index (χ3n) is 4.60. The molecule has 5 nitrogen and oxygen atoms in total. The van der Waals surface area contributed by atoms with Gasteiger partial charge in [0.1, 0.15) is 17.7 Å². The van der Waals surface area contributed by atoms with E-state index in [-0.39, 0.29) is 12.1 Å². The maximum atomic E-state index is 13.3. The van der Waals surface area contributed by atoms with E-state index < -0.39 is 0 Å². The number of carbonyl (C=O) groups is 1. The Morgan fingerprint density at radius 1 is 1.07 bits per heavy atom. The van der Waals surface area contributed by atoms with E-state index >= 15 is 0 Å². The number of nitrogens with one attached hydrogen (secondary N) is 1. The molecule has 1 atom stereocenters. The molecule has 1 N–H and O–H groups in total. The average molecular weight is 362 g/mol. The SMILES string of the molecule is CCCOc1ccccc1C1Nc2ccccc2C(=O)N1Cc1ccco1. The molecular formula is C22H22N2O3. The van der Waals surface area contributed by atoms with Gasteiger partial charge in [-0.1, -0.05) is 37.3 Å². The van der Waals surface area contributed by atoms with Gasteiger partial charge >= 0.3 is 0 Å². The van der Waals surface area contributed by atoms with Crippen molar-refractivity contribution in [2.45, 2.75) is 26.1 Å². The lowest BCUT2D eigenvalue weighted by Gasteiger charge is -2.38. The molecule has 4 rings (SSSR count). The summed E-state index contributed by atoms with van der Waals surface area (Å²) in [5, 5.41) is 3.51. The first-order chi connectivity index (χ1) is 13.3. The zero-order valence-electron chi connectivity index (χ0n) is 15.2. The van der Waals surface area contributed by atoms with Crippen LogP contribution < -0.4 is 10.1 Å². The van der Waals surface area contributed by atoms with Crippen LogP contribution in [0, 0.1) is 0 Å². The van der Waals surface area contributed by atoms with Crippen molar-refractivity contribution in [2.75, 3.05) is 11.9 Å². The first kappa shape index (κ1) is 17.2. The summed E-state index contributed by atoms with van der Waals surface area (Å²) >= 11 is 0. The van der Waals surface area contributed by atoms with Gasteiger partial charge in [0.25, 0.3) is 5.91 Å². The topological polar surface area (TPSA) is 54.7 Å². The van der Waals surface area contributed by atoms with E-state index in [1.165, 1.54) is 0 Å². The molecule has 1 aromatic heterocycles. The lowest BCUT2D eigenvalue weighted by atomic mass is 10.0. The Bertz CT molecular complexity index is 921. The molecule has 3 aromatic rings. The van der Waals surface area contributed by atoms with Crippen molar-refractivity contribution < 1.29 is 13.9 Å². The molecule has 2 heterocycles. The number of rotatable bonds is 6. The predicted octanol–water partition coefficient (Wildman–Crippen LogP) is 4.84. The summed E-state index contributed by atoms with van der Waals surface area (Å²) in [5.41, 5.74) is 2.42. The van der Waals surface area contributed by atoms with Gasteiger partial charge in [-0.25, -0.2) is 0 Å². The fourth-order valence-corrected chi connectivity index (χ4v) is 3.32. The molecule has 5 heteroatoms. The first-order valence-corrected chi connectivity index (χ1v) is 9.18. The van der Waals surface area contributed by atoms with Crippen LogP contribution in [0.5, 0.6) is 5.75 Å². The average Bonchev–Trinajstić information content (AvgIpc) is 3.22. The lowest BCUT2D eigenvalue weighted by molar-refractivity contribution is 0.0648. The number of para-hydroxylation sites is 2. The van der Waals surface area contributed by atoms with Gasteiger partial charge in [0.15, 0.2) is 0 Å². The van der Waals surface area contributed by atoms with E-state index in [0.717, 1.165) is 29.2 Å². The van der Waals surface area contributed by atoms with Crippen LogP contribution in [0.1, 0.15) is 41.2 Å². The highest BCUT2D eigenvalue weighted by Crippen LogP contribution is 2.37. The molecule has 0 saturated carbocycles. The number of furan rings is 1. The number of hydrogen-bond donors (Lipinski definition) is 1. The number of fused-ring (bicyclic) bond motifs is 1. The minimum Gasteiger partial charge on any atom is -0.493 e. The number of amides is 1. The summed E-state index contributed by atoms with van der Waals surface area (Å²) in [7, 11) is 0. The minimum absolute atomic E-state index is 0.0314. The monoisotopic (exact) mass is 362 g/mol. The molecule has 27 heavy (non-hydrogen) atoms. The van der Waals surface area contributed by atoms with Crippen molar-refractivity contribution >= 4 is 11.6 Å². The second-order valence-electron chi connectivity index (χ2n) is 6.49. The van der Waals surface area contributed by atoms with Crippen molar-refractivity contribution in [3.63, 3.8) is 0 Å². The lowest BCUT2D eigenvalue weighted by Crippen LogP contribution is -2.42. The molecule has 1 unspecified atom stereocenters. The van der Waals surface area contributed by atoms with E-state index in [4.69, 9.17) is 9.15 Å². The fraction of sp³-hybridized carbons (Fsp3) is 0.227. The quantitative estimate of drug-likeness (QED) is 0.682. The van der Waals surface area contributed by atoms with E-state index in [1.54, 1.807) is 11.2 Å². The molecule has 0 bridgehead atoms. The van der Waals surface area contributed by atoms with E-state index in [0.29, 0.717) is 18.7 Å². The van der Waals surface area contributed by atoms with E-state index in [2.05, 4.69) is 12.2 Å². The summed E-state index contributed by atoms with van der Waals surface area (Å²) in [6.07, 6.45) is 2.20. The standard InChI is InChI=1S/C22H22N2O3/c1-2-13-27-20-12-6-4-10-18(20)21-23-19-11-5-3-9-17(19)22(25)24(21)15-16-8-7-14-26-16/h3-12,14,21,23H,2,13,15H2,1H3. The van der Waals surface area contributed by atoms with Crippen molar-refractivity contribution in [3.05, 3.63) is 83.8 Å². The van der Waals surface area contributed by atoms with Crippen LogP contribution in [-0.2, 0) is 6.54 Å². The van der Waals surface area contributed by atoms with Gasteiger partial charge in [-0.05, 0) is 36.8 Å². The largest absolute Gasteiger partial charge is 0.493 e. The summed E-state index contributed by atoms with van der Waals surface area (Å²) in [6.45, 7) is 3.08. The molecular weight excluding hydrogens is 340 g/mol. The van der Waals surface area contributed by atoms with Crippen LogP contribution in [0.25, 0.3) is 0 Å². The maximum absolute atomic E-state index is 13.3. The number of benzene rings is 2. The molecule has 138 valence electrons. The Balaban J connectivity index is 1.76. The normalized spacial score (nSPS) is 16.0. The van der Waals surface area contributed by atoms with Crippen LogP contribution in [0.4, 0.5) is 5.69 Å². The van der Waals surface area contributed by atoms with Gasteiger partial charge < -0.3 is 19.4 Å². The van der Waals surface area contributed by atoms with Crippen molar-refractivity contribution in [2.24, 2.45) is 0 Å². The molecule has 1 aliphatic heterocycles. The van der Waals surface area contributed by atoms with Crippen molar-refractivity contribution in [1.82, 2.24) is 4.90 Å². The number of hydrogen-bond acceptors (Lipinski definition) is 4. The third-order valence-corrected chi connectivity index (χ3v) is 4.60. The Labute approximate surface area is 158 Å². The van der Waals surface area contributed by atoms with Gasteiger partial charge in [0, 0.05) is 11.3 Å². The summed E-state index contributed by atoms with van der Waals surface area (Å²) < 4.78 is 11.4. The molecule has 0 spiro atoms. The van der Waals surface area contributed by atoms with Crippen LogP contribution >= 0.6 is 0 Å². The van der Waals surface area contributed by atoms with Gasteiger partial charge in [-0.15, -0.1) is 0 Å². The molecule has 2 aromatic carbocycles. The smallest absolute Gasteiger partial charge is 0.258 e. The zero-order chi connectivity index (χ0) is 18.6. The summed E-state index contributed by atoms with van der Waals surface area (Å²) in [5.74, 6) is 1.49. The minimum atomic E-state index is -0.342. The zero-order valence-corrected chi connectivity index (χ0v) is 15.2. The Kier molecular flexibility index (Phi) is 4.83. The van der Waals surface area contributed by atoms with Crippen LogP contribution in [0.2, 0.25) is 0 Å². The molecule has 0 saturated heterocycles. The Morgan fingerprint density at radius 2 is 1.89 bits per heavy atom. The van der Waals surface area contributed by atoms with E-state index in [9.17, 15) is 4.79 Å². The number of ether oxygens (including phenoxy) is 1. The maximum Gasteiger partial charge on any atom is 0.258 e. The molecule has 0 radical (unpaired) electrons. The Morgan fingerprint density at radius 3 is 2.70 bits per heavy atom. The number of carbonyl (C=O) groups excluding carboxylic acids is 1. The van der Waals surface area contributed by atoms with Crippen LogP contribution in [-0.4, -0.2) is 17.4 Å². The van der Waals surface area contributed by atoms with Crippen molar-refractivity contribution in [1.29, 1.82) is 0 Å². The summed E-state index contributed by atoms with van der Waals surface area (Å²) in [4.78, 5) is 15.0. The number of nitrogens with zero attached hydrogens (tertiary/aromatic N) is 1. The predicted molar refractivity (Wildman–Crippen MR) is 104 cm³/mol. The second-order valence-corrected chi connectivity index (χ2v) is 6.49. The second kappa shape index (κ2) is 7.58. The van der Waals surface area contributed by atoms with Crippen LogP contribution in [0.3, 0.4) is 0 Å². The molecule has 0 aliphatic carbocycles. The van der Waals surface area contributed by atoms with Gasteiger partial charge in [-0.3, -0.25) is 4.79 Å². The highest BCUT2D eigenvalue weighted by Gasteiger charge is 2.34. The third kappa shape index (κ3) is 3.40. The molecule has 1 aliphatic rings. The van der Waals surface area contributed by atoms with Gasteiger partial charge in [0.05, 0.1) is 25.0 Å². The van der Waals surface area contributed by atoms with Crippen molar-refractivity contribution in [3.8, 4) is 5.75 Å². The fourth-order valence-electron chi connectivity index (χ4n) is 3.32. The van der Waals surface area contributed by atoms with Gasteiger partial charge in [-0.2, -0.15) is 0 Å². The Hall–Kier alpha value is -3.21. The first-order valence-electron chi connectivity index (χ1n) is 9.18. The molecule has 1 amide bonds. The van der Waals surface area contributed by atoms with E-state index in [1.807, 2.05) is 60.7 Å². The molecule has 0 fully saturated rings. The van der Waals surface area contributed by atoms with Gasteiger partial charge in [0.2, 0.25) is 0 Å². The highest BCUT2D eigenvalue weighted by molar-refractivity contribution is 6.01.